The van der Waals surface area contributed by atoms with E-state index >= 15 is 0 Å². The average molecular weight is 368 g/mol. The van der Waals surface area contributed by atoms with Crippen molar-refractivity contribution in [2.45, 2.75) is 19.3 Å². The molecule has 1 N–H and O–H groups in total. The number of esters is 1. The summed E-state index contributed by atoms with van der Waals surface area (Å²) in [7, 11) is 1.54. The minimum absolute atomic E-state index is 0.105. The first-order valence-corrected chi connectivity index (χ1v) is 7.75. The number of hydrogen-bond acceptors (Lipinski definition) is 4. The maximum atomic E-state index is 12.4. The Bertz CT molecular complexity index is 612. The summed E-state index contributed by atoms with van der Waals surface area (Å²) in [5, 5.41) is 2.71. The van der Waals surface area contributed by atoms with Crippen LogP contribution in [0.2, 0.25) is 0 Å². The Kier molecular flexibility index (Phi) is 5.74. The van der Waals surface area contributed by atoms with Gasteiger partial charge in [-0.1, -0.05) is 34.1 Å². The highest BCUT2D eigenvalue weighted by atomic mass is 79.9. The molecule has 0 saturated heterocycles. The van der Waals surface area contributed by atoms with Gasteiger partial charge in [0.15, 0.2) is 0 Å². The standard InChI is InChI=1S/C16H18BrNO4/c1-10-15(16(20)22-8-7-21-2)12(9-14(19)18-10)11-5-3-4-6-13(11)17/h3-6,12H,7-9H2,1-2H3,(H,18,19). The molecule has 1 atom stereocenters. The number of benzene rings is 1. The topological polar surface area (TPSA) is 64.6 Å². The van der Waals surface area contributed by atoms with Crippen molar-refractivity contribution in [2.75, 3.05) is 20.3 Å². The van der Waals surface area contributed by atoms with Crippen molar-refractivity contribution in [1.29, 1.82) is 0 Å². The number of halogens is 1. The van der Waals surface area contributed by atoms with Crippen molar-refractivity contribution in [3.63, 3.8) is 0 Å². The third-order valence-electron chi connectivity index (χ3n) is 3.49. The Hall–Kier alpha value is -1.66. The second-order valence-corrected chi connectivity index (χ2v) is 5.85. The van der Waals surface area contributed by atoms with Gasteiger partial charge in [-0.05, 0) is 18.6 Å². The molecule has 6 heteroatoms. The minimum atomic E-state index is -0.421. The summed E-state index contributed by atoms with van der Waals surface area (Å²) in [5.41, 5.74) is 1.93. The van der Waals surface area contributed by atoms with Crippen molar-refractivity contribution in [2.24, 2.45) is 0 Å². The van der Waals surface area contributed by atoms with Crippen molar-refractivity contribution >= 4 is 27.8 Å². The van der Waals surface area contributed by atoms with Crippen molar-refractivity contribution in [3.8, 4) is 0 Å². The van der Waals surface area contributed by atoms with Gasteiger partial charge in [0, 0.05) is 29.6 Å². The van der Waals surface area contributed by atoms with Crippen LogP contribution in [0, 0.1) is 0 Å². The zero-order chi connectivity index (χ0) is 16.1. The lowest BCUT2D eigenvalue weighted by Crippen LogP contribution is -2.34. The van der Waals surface area contributed by atoms with Crippen LogP contribution in [-0.2, 0) is 19.1 Å². The van der Waals surface area contributed by atoms with Crippen molar-refractivity contribution in [1.82, 2.24) is 5.32 Å². The smallest absolute Gasteiger partial charge is 0.336 e. The first-order chi connectivity index (χ1) is 10.5. The summed E-state index contributed by atoms with van der Waals surface area (Å²) >= 11 is 3.49. The van der Waals surface area contributed by atoms with Crippen LogP contribution in [0.25, 0.3) is 0 Å². The molecule has 1 aliphatic rings. The third kappa shape index (κ3) is 3.75. The van der Waals surface area contributed by atoms with E-state index in [2.05, 4.69) is 21.2 Å². The molecule has 1 unspecified atom stereocenters. The maximum Gasteiger partial charge on any atom is 0.336 e. The molecule has 0 radical (unpaired) electrons. The first-order valence-electron chi connectivity index (χ1n) is 6.95. The molecule has 0 saturated carbocycles. The zero-order valence-electron chi connectivity index (χ0n) is 12.5. The Balaban J connectivity index is 2.33. The highest BCUT2D eigenvalue weighted by Crippen LogP contribution is 2.36. The summed E-state index contributed by atoms with van der Waals surface area (Å²) in [5.74, 6) is -0.846. The van der Waals surface area contributed by atoms with E-state index in [4.69, 9.17) is 9.47 Å². The highest BCUT2D eigenvalue weighted by molar-refractivity contribution is 9.10. The fourth-order valence-electron chi connectivity index (χ4n) is 2.49. The number of amides is 1. The predicted octanol–water partition coefficient (Wildman–Crippen LogP) is 2.52. The normalized spacial score (nSPS) is 18.1. The van der Waals surface area contributed by atoms with E-state index in [-0.39, 0.29) is 24.9 Å². The van der Waals surface area contributed by atoms with Crippen LogP contribution in [0.15, 0.2) is 40.0 Å². The Labute approximate surface area is 137 Å². The Morgan fingerprint density at radius 1 is 1.36 bits per heavy atom. The molecule has 1 aromatic carbocycles. The van der Waals surface area contributed by atoms with E-state index < -0.39 is 5.97 Å². The van der Waals surface area contributed by atoms with Gasteiger partial charge in [0.1, 0.15) is 6.61 Å². The van der Waals surface area contributed by atoms with E-state index in [0.717, 1.165) is 10.0 Å². The molecule has 22 heavy (non-hydrogen) atoms. The second-order valence-electron chi connectivity index (χ2n) is 4.99. The number of carbonyl (C=O) groups excluding carboxylic acids is 2. The SMILES string of the molecule is COCCOC(=O)C1=C(C)NC(=O)CC1c1ccccc1Br. The van der Waals surface area contributed by atoms with E-state index in [9.17, 15) is 9.59 Å². The van der Waals surface area contributed by atoms with Crippen LogP contribution in [0.1, 0.15) is 24.8 Å². The predicted molar refractivity (Wildman–Crippen MR) is 85.2 cm³/mol. The summed E-state index contributed by atoms with van der Waals surface area (Å²) in [6, 6.07) is 7.58. The second kappa shape index (κ2) is 7.56. The first kappa shape index (κ1) is 16.7. The fraction of sp³-hybridized carbons (Fsp3) is 0.375. The number of ether oxygens (including phenoxy) is 2. The zero-order valence-corrected chi connectivity index (χ0v) is 14.1. The van der Waals surface area contributed by atoms with Crippen molar-refractivity contribution in [3.05, 3.63) is 45.6 Å². The lowest BCUT2D eigenvalue weighted by Gasteiger charge is -2.27. The van der Waals surface area contributed by atoms with Crippen molar-refractivity contribution < 1.29 is 19.1 Å². The fourth-order valence-corrected chi connectivity index (χ4v) is 3.05. The lowest BCUT2D eigenvalue weighted by atomic mass is 9.84. The molecular formula is C16H18BrNO4. The lowest BCUT2D eigenvalue weighted by molar-refractivity contribution is -0.140. The van der Waals surface area contributed by atoms with Gasteiger partial charge in [0.05, 0.1) is 12.2 Å². The van der Waals surface area contributed by atoms with Crippen LogP contribution < -0.4 is 5.32 Å². The number of hydrogen-bond donors (Lipinski definition) is 1. The van der Waals surface area contributed by atoms with E-state index in [0.29, 0.717) is 17.9 Å². The molecule has 0 aliphatic carbocycles. The average Bonchev–Trinajstić information content (AvgIpc) is 2.47. The van der Waals surface area contributed by atoms with Crippen LogP contribution in [-0.4, -0.2) is 32.2 Å². The molecule has 5 nitrogen and oxygen atoms in total. The molecular weight excluding hydrogens is 350 g/mol. The van der Waals surface area contributed by atoms with E-state index in [1.54, 1.807) is 14.0 Å². The summed E-state index contributed by atoms with van der Waals surface area (Å²) in [4.78, 5) is 24.2. The van der Waals surface area contributed by atoms with Gasteiger partial charge in [-0.3, -0.25) is 4.79 Å². The van der Waals surface area contributed by atoms with Gasteiger partial charge in [-0.25, -0.2) is 4.79 Å². The molecule has 0 aromatic heterocycles. The molecule has 1 amide bonds. The number of carbonyl (C=O) groups is 2. The van der Waals surface area contributed by atoms with Crippen LogP contribution in [0.4, 0.5) is 0 Å². The largest absolute Gasteiger partial charge is 0.460 e. The summed E-state index contributed by atoms with van der Waals surface area (Å²) < 4.78 is 11.0. The number of allylic oxidation sites excluding steroid dienone is 1. The van der Waals surface area contributed by atoms with Gasteiger partial charge in [-0.15, -0.1) is 0 Å². The van der Waals surface area contributed by atoms with Gasteiger partial charge in [0.2, 0.25) is 5.91 Å². The number of nitrogens with one attached hydrogen (secondary N) is 1. The van der Waals surface area contributed by atoms with Gasteiger partial charge < -0.3 is 14.8 Å². The molecule has 2 rings (SSSR count). The molecule has 1 aromatic rings. The monoisotopic (exact) mass is 367 g/mol. The third-order valence-corrected chi connectivity index (χ3v) is 4.21. The van der Waals surface area contributed by atoms with E-state index in [1.807, 2.05) is 24.3 Å². The quantitative estimate of drug-likeness (QED) is 0.641. The van der Waals surface area contributed by atoms with Gasteiger partial charge >= 0.3 is 5.97 Å². The van der Waals surface area contributed by atoms with E-state index in [1.165, 1.54) is 0 Å². The Morgan fingerprint density at radius 2 is 2.09 bits per heavy atom. The molecule has 0 fully saturated rings. The minimum Gasteiger partial charge on any atom is -0.460 e. The van der Waals surface area contributed by atoms with Crippen LogP contribution in [0.5, 0.6) is 0 Å². The summed E-state index contributed by atoms with van der Waals surface area (Å²) in [6.45, 7) is 2.24. The number of methoxy groups -OCH3 is 1. The summed E-state index contributed by atoms with van der Waals surface area (Å²) in [6.07, 6.45) is 0.217. The molecule has 1 heterocycles. The van der Waals surface area contributed by atoms with Crippen LogP contribution in [0.3, 0.4) is 0 Å². The maximum absolute atomic E-state index is 12.4. The molecule has 0 bridgehead atoms. The van der Waals surface area contributed by atoms with Gasteiger partial charge in [-0.2, -0.15) is 0 Å². The molecule has 0 spiro atoms. The van der Waals surface area contributed by atoms with Gasteiger partial charge in [0.25, 0.3) is 0 Å². The van der Waals surface area contributed by atoms with Crippen LogP contribution >= 0.6 is 15.9 Å². The molecule has 1 aliphatic heterocycles. The Morgan fingerprint density at radius 3 is 2.77 bits per heavy atom. The molecule has 118 valence electrons. The number of rotatable bonds is 5. The highest BCUT2D eigenvalue weighted by Gasteiger charge is 2.33.